The van der Waals surface area contributed by atoms with Gasteiger partial charge in [-0.2, -0.15) is 0 Å². The number of rotatable bonds is 7. The van der Waals surface area contributed by atoms with Crippen molar-refractivity contribution in [3.8, 4) is 11.3 Å². The van der Waals surface area contributed by atoms with E-state index in [-0.39, 0.29) is 28.6 Å². The Morgan fingerprint density at radius 3 is 2.38 bits per heavy atom. The highest BCUT2D eigenvalue weighted by Gasteiger charge is 2.37. The van der Waals surface area contributed by atoms with Crippen LogP contribution in [0, 0.1) is 6.92 Å². The number of anilines is 1. The van der Waals surface area contributed by atoms with Crippen LogP contribution in [-0.4, -0.2) is 42.9 Å². The molecule has 3 N–H and O–H groups in total. The second-order valence-electron chi connectivity index (χ2n) is 8.26. The maximum atomic E-state index is 12.9. The van der Waals surface area contributed by atoms with Crippen LogP contribution in [0.5, 0.6) is 0 Å². The summed E-state index contributed by atoms with van der Waals surface area (Å²) in [4.78, 5) is 21.5. The van der Waals surface area contributed by atoms with E-state index in [1.807, 2.05) is 31.2 Å². The number of Topliss-reactive ketones (excluding diaryl/α,β-unsaturated/α-hetero) is 1. The van der Waals surface area contributed by atoms with Gasteiger partial charge in [-0.1, -0.05) is 42.0 Å². The number of carbonyl (C=O) groups excluding carboxylic acids is 1. The lowest BCUT2D eigenvalue weighted by Gasteiger charge is -2.38. The van der Waals surface area contributed by atoms with Gasteiger partial charge in [0.15, 0.2) is 11.6 Å². The van der Waals surface area contributed by atoms with Gasteiger partial charge < -0.3 is 10.5 Å². The number of aromatic nitrogens is 2. The van der Waals surface area contributed by atoms with Crippen molar-refractivity contribution in [2.24, 2.45) is 0 Å². The van der Waals surface area contributed by atoms with Gasteiger partial charge in [-0.25, -0.2) is 23.1 Å². The zero-order valence-corrected chi connectivity index (χ0v) is 18.6. The van der Waals surface area contributed by atoms with E-state index in [9.17, 15) is 13.2 Å². The van der Waals surface area contributed by atoms with Gasteiger partial charge in [0.2, 0.25) is 10.0 Å². The number of sulfonamides is 1. The third-order valence-corrected chi connectivity index (χ3v) is 6.89. The molecule has 166 valence electrons. The molecule has 32 heavy (non-hydrogen) atoms. The zero-order valence-electron chi connectivity index (χ0n) is 17.8. The molecule has 9 heteroatoms. The van der Waals surface area contributed by atoms with Crippen molar-refractivity contribution in [2.75, 3.05) is 18.9 Å². The van der Waals surface area contributed by atoms with Crippen molar-refractivity contribution in [3.05, 3.63) is 71.5 Å². The summed E-state index contributed by atoms with van der Waals surface area (Å²) in [7, 11) is -3.68. The number of benzene rings is 2. The van der Waals surface area contributed by atoms with E-state index in [2.05, 4.69) is 14.7 Å². The first-order valence-corrected chi connectivity index (χ1v) is 11.6. The first-order valence-electron chi connectivity index (χ1n) is 10.1. The molecular formula is C23H24N4O4S. The van der Waals surface area contributed by atoms with Gasteiger partial charge in [0.05, 0.1) is 35.5 Å². The molecule has 0 unspecified atom stereocenters. The molecule has 1 saturated heterocycles. The Morgan fingerprint density at radius 1 is 1.12 bits per heavy atom. The van der Waals surface area contributed by atoms with Gasteiger partial charge in [-0.05, 0) is 31.5 Å². The molecule has 4 rings (SSSR count). The molecule has 8 nitrogen and oxygen atoms in total. The van der Waals surface area contributed by atoms with Crippen LogP contribution in [0.2, 0.25) is 0 Å². The molecule has 1 aliphatic heterocycles. The molecule has 1 fully saturated rings. The Morgan fingerprint density at radius 2 is 1.78 bits per heavy atom. The van der Waals surface area contributed by atoms with Crippen molar-refractivity contribution < 1.29 is 17.9 Å². The number of ketones is 1. The Labute approximate surface area is 186 Å². The minimum Gasteiger partial charge on any atom is -0.382 e. The molecule has 0 spiro atoms. The fourth-order valence-electron chi connectivity index (χ4n) is 3.37. The van der Waals surface area contributed by atoms with E-state index >= 15 is 0 Å². The van der Waals surface area contributed by atoms with Crippen molar-refractivity contribution in [2.45, 2.75) is 30.7 Å². The molecule has 0 aliphatic carbocycles. The van der Waals surface area contributed by atoms with Gasteiger partial charge in [-0.3, -0.25) is 4.79 Å². The second-order valence-corrected chi connectivity index (χ2v) is 9.94. The van der Waals surface area contributed by atoms with Crippen LogP contribution >= 0.6 is 0 Å². The monoisotopic (exact) mass is 452 g/mol. The van der Waals surface area contributed by atoms with Crippen LogP contribution in [0.15, 0.2) is 59.6 Å². The summed E-state index contributed by atoms with van der Waals surface area (Å²) < 4.78 is 32.9. The number of hydrogen-bond acceptors (Lipinski definition) is 7. The molecule has 1 aromatic heterocycles. The van der Waals surface area contributed by atoms with Gasteiger partial charge >= 0.3 is 0 Å². The highest BCUT2D eigenvalue weighted by molar-refractivity contribution is 7.89. The number of hydrogen-bond donors (Lipinski definition) is 2. The van der Waals surface area contributed by atoms with Crippen molar-refractivity contribution in [1.82, 2.24) is 14.7 Å². The molecule has 0 amide bonds. The average molecular weight is 453 g/mol. The minimum atomic E-state index is -3.68. The molecule has 2 heterocycles. The normalized spacial score (nSPS) is 15.2. The Bertz CT molecular complexity index is 1250. The first-order chi connectivity index (χ1) is 15.2. The molecule has 0 bridgehead atoms. The average Bonchev–Trinajstić information content (AvgIpc) is 2.74. The predicted molar refractivity (Wildman–Crippen MR) is 121 cm³/mol. The van der Waals surface area contributed by atoms with Crippen LogP contribution in [-0.2, 0) is 21.2 Å². The number of nitrogens with zero attached hydrogens (tertiary/aromatic N) is 2. The third kappa shape index (κ3) is 4.69. The van der Waals surface area contributed by atoms with Crippen LogP contribution in [0.4, 0.5) is 5.82 Å². The lowest BCUT2D eigenvalue weighted by molar-refractivity contribution is -0.0523. The minimum absolute atomic E-state index is 0.0234. The largest absolute Gasteiger partial charge is 0.382 e. The van der Waals surface area contributed by atoms with Crippen LogP contribution < -0.4 is 10.5 Å². The summed E-state index contributed by atoms with van der Waals surface area (Å²) in [5.74, 6) is -0.234. The molecule has 2 aromatic carbocycles. The van der Waals surface area contributed by atoms with Gasteiger partial charge in [0, 0.05) is 12.0 Å². The third-order valence-electron chi connectivity index (χ3n) is 5.23. The molecule has 0 saturated carbocycles. The fraction of sp³-hybridized carbons (Fsp3) is 0.261. The summed E-state index contributed by atoms with van der Waals surface area (Å²) in [6, 6.07) is 13.9. The number of nitrogens with two attached hydrogens (primary N) is 1. The number of aryl methyl sites for hydroxylation is 1. The summed E-state index contributed by atoms with van der Waals surface area (Å²) >= 11 is 0. The summed E-state index contributed by atoms with van der Waals surface area (Å²) in [5, 5.41) is 0. The van der Waals surface area contributed by atoms with Gasteiger partial charge in [-0.15, -0.1) is 0 Å². The molecule has 0 atom stereocenters. The van der Waals surface area contributed by atoms with E-state index < -0.39 is 15.6 Å². The van der Waals surface area contributed by atoms with Crippen LogP contribution in [0.1, 0.15) is 28.5 Å². The zero-order chi connectivity index (χ0) is 22.9. The molecule has 3 aromatic rings. The topological polar surface area (TPSA) is 124 Å². The van der Waals surface area contributed by atoms with Crippen LogP contribution in [0.25, 0.3) is 11.3 Å². The predicted octanol–water partition coefficient (Wildman–Crippen LogP) is 2.53. The van der Waals surface area contributed by atoms with E-state index in [0.29, 0.717) is 24.5 Å². The number of nitrogens with one attached hydrogen (secondary N) is 1. The van der Waals surface area contributed by atoms with Gasteiger partial charge in [0.25, 0.3) is 0 Å². The highest BCUT2D eigenvalue weighted by atomic mass is 32.2. The molecule has 0 radical (unpaired) electrons. The first kappa shape index (κ1) is 22.1. The van der Waals surface area contributed by atoms with Crippen LogP contribution in [0.3, 0.4) is 0 Å². The van der Waals surface area contributed by atoms with Crippen molar-refractivity contribution >= 4 is 21.6 Å². The lowest BCUT2D eigenvalue weighted by Crippen LogP contribution is -2.59. The highest BCUT2D eigenvalue weighted by Crippen LogP contribution is 2.22. The van der Waals surface area contributed by atoms with Crippen molar-refractivity contribution in [1.29, 1.82) is 0 Å². The Hall–Kier alpha value is -3.14. The summed E-state index contributed by atoms with van der Waals surface area (Å²) in [6.07, 6.45) is 1.56. The van der Waals surface area contributed by atoms with E-state index in [4.69, 9.17) is 10.5 Å². The maximum Gasteiger partial charge on any atom is 0.241 e. The maximum absolute atomic E-state index is 12.9. The summed E-state index contributed by atoms with van der Waals surface area (Å²) in [6.45, 7) is 4.45. The SMILES string of the molecule is Cc1ccc(-c2cnc(N)c(C(=O)Cc3ccc(S(=O)(=O)NC4(C)COC4)cc3)n2)cc1. The molecular weight excluding hydrogens is 428 g/mol. The number of nitrogen functional groups attached to an aromatic ring is 1. The quantitative estimate of drug-likeness (QED) is 0.528. The fourth-order valence-corrected chi connectivity index (χ4v) is 4.75. The van der Waals surface area contributed by atoms with E-state index in [0.717, 1.165) is 11.1 Å². The van der Waals surface area contributed by atoms with Gasteiger partial charge in [0.1, 0.15) is 5.69 Å². The Balaban J connectivity index is 1.50. The summed E-state index contributed by atoms with van der Waals surface area (Å²) in [5.41, 5.74) is 8.58. The smallest absolute Gasteiger partial charge is 0.241 e. The van der Waals surface area contributed by atoms with E-state index in [1.54, 1.807) is 19.1 Å². The molecule has 1 aliphatic rings. The number of ether oxygens (including phenoxy) is 1. The lowest BCUT2D eigenvalue weighted by atomic mass is 10.0. The standard InChI is InChI=1S/C23H24N4O4S/c1-15-3-7-17(8-4-15)19-12-25-22(24)21(26-19)20(28)11-16-5-9-18(10-6-16)32(29,30)27-23(2)13-31-14-23/h3-10,12,27H,11,13-14H2,1-2H3,(H2,24,25). The Kier molecular flexibility index (Phi) is 5.81. The second kappa shape index (κ2) is 8.42. The number of carbonyl (C=O) groups is 1. The van der Waals surface area contributed by atoms with Crippen molar-refractivity contribution in [3.63, 3.8) is 0 Å². The van der Waals surface area contributed by atoms with E-state index in [1.165, 1.54) is 18.3 Å².